The highest BCUT2D eigenvalue weighted by atomic mass is 32.2. The Bertz CT molecular complexity index is 473. The summed E-state index contributed by atoms with van der Waals surface area (Å²) in [5, 5.41) is 3.33. The highest BCUT2D eigenvalue weighted by molar-refractivity contribution is 7.99. The van der Waals surface area contributed by atoms with Gasteiger partial charge in [-0.05, 0) is 29.8 Å². The average Bonchev–Trinajstić information content (AvgIpc) is 2.46. The Labute approximate surface area is 118 Å². The predicted octanol–water partition coefficient (Wildman–Crippen LogP) is 2.97. The molecule has 0 bridgehead atoms. The van der Waals surface area contributed by atoms with Crippen molar-refractivity contribution in [3.63, 3.8) is 0 Å². The Kier molecular flexibility index (Phi) is 5.88. The molecular formula is C15H18N2OS. The van der Waals surface area contributed by atoms with Crippen molar-refractivity contribution in [2.24, 2.45) is 0 Å². The van der Waals surface area contributed by atoms with Gasteiger partial charge in [0.25, 0.3) is 0 Å². The Morgan fingerprint density at radius 2 is 1.74 bits per heavy atom. The van der Waals surface area contributed by atoms with Crippen LogP contribution in [0.25, 0.3) is 0 Å². The van der Waals surface area contributed by atoms with Crippen LogP contribution in [-0.4, -0.2) is 25.2 Å². The molecule has 0 radical (unpaired) electrons. The van der Waals surface area contributed by atoms with E-state index in [0.717, 1.165) is 19.7 Å². The second kappa shape index (κ2) is 7.94. The molecule has 0 unspecified atom stereocenters. The van der Waals surface area contributed by atoms with Gasteiger partial charge in [-0.2, -0.15) is 0 Å². The Balaban J connectivity index is 1.84. The Morgan fingerprint density at radius 1 is 1.05 bits per heavy atom. The number of nitrogens with one attached hydrogen (secondary N) is 1. The van der Waals surface area contributed by atoms with Gasteiger partial charge in [-0.25, -0.2) is 0 Å². The second-order valence-corrected chi connectivity index (χ2v) is 5.25. The Hall–Kier alpha value is -1.36. The monoisotopic (exact) mass is 274 g/mol. The molecule has 2 aromatic rings. The molecule has 1 aromatic heterocycles. The van der Waals surface area contributed by atoms with E-state index in [-0.39, 0.29) is 0 Å². The standard InChI is InChI=1S/C15H18N2OS/c1-18-11-10-17-12-13-2-4-14(5-3-13)19-15-6-8-16-9-7-15/h2-9,17H,10-12H2,1H3. The first-order valence-corrected chi connectivity index (χ1v) is 7.06. The quantitative estimate of drug-likeness (QED) is 0.787. The number of hydrogen-bond acceptors (Lipinski definition) is 4. The van der Waals surface area contributed by atoms with E-state index in [1.54, 1.807) is 18.9 Å². The van der Waals surface area contributed by atoms with Gasteiger partial charge in [-0.3, -0.25) is 4.98 Å². The lowest BCUT2D eigenvalue weighted by atomic mass is 10.2. The van der Waals surface area contributed by atoms with Crippen LogP contribution in [-0.2, 0) is 11.3 Å². The molecule has 0 aliphatic rings. The maximum atomic E-state index is 4.99. The highest BCUT2D eigenvalue weighted by Gasteiger charge is 1.97. The minimum Gasteiger partial charge on any atom is -0.383 e. The van der Waals surface area contributed by atoms with E-state index in [1.165, 1.54) is 15.4 Å². The van der Waals surface area contributed by atoms with Crippen LogP contribution >= 0.6 is 11.8 Å². The van der Waals surface area contributed by atoms with E-state index in [1.807, 2.05) is 24.5 Å². The minimum atomic E-state index is 0.746. The van der Waals surface area contributed by atoms with Gasteiger partial charge >= 0.3 is 0 Å². The smallest absolute Gasteiger partial charge is 0.0587 e. The summed E-state index contributed by atoms with van der Waals surface area (Å²) in [6.45, 7) is 2.50. The van der Waals surface area contributed by atoms with Crippen LogP contribution in [0.15, 0.2) is 58.6 Å². The Morgan fingerprint density at radius 3 is 2.42 bits per heavy atom. The number of aromatic nitrogens is 1. The summed E-state index contributed by atoms with van der Waals surface area (Å²) in [6, 6.07) is 12.7. The predicted molar refractivity (Wildman–Crippen MR) is 78.4 cm³/mol. The number of ether oxygens (including phenoxy) is 1. The molecule has 4 heteroatoms. The lowest BCUT2D eigenvalue weighted by Crippen LogP contribution is -2.18. The SMILES string of the molecule is COCCNCc1ccc(Sc2ccncc2)cc1. The molecule has 0 saturated carbocycles. The summed E-state index contributed by atoms with van der Waals surface area (Å²) in [7, 11) is 1.72. The molecule has 3 nitrogen and oxygen atoms in total. The molecule has 0 aliphatic heterocycles. The molecule has 0 atom stereocenters. The van der Waals surface area contributed by atoms with Crippen molar-refractivity contribution in [3.8, 4) is 0 Å². The van der Waals surface area contributed by atoms with E-state index >= 15 is 0 Å². The summed E-state index contributed by atoms with van der Waals surface area (Å²) < 4.78 is 4.99. The number of methoxy groups -OCH3 is 1. The van der Waals surface area contributed by atoms with Gasteiger partial charge in [0.05, 0.1) is 6.61 Å². The molecule has 1 aromatic carbocycles. The van der Waals surface area contributed by atoms with Gasteiger partial charge < -0.3 is 10.1 Å². The van der Waals surface area contributed by atoms with Crippen LogP contribution in [0.2, 0.25) is 0 Å². The number of pyridine rings is 1. The molecule has 0 amide bonds. The number of hydrogen-bond donors (Lipinski definition) is 1. The van der Waals surface area contributed by atoms with Gasteiger partial charge in [0, 0.05) is 42.4 Å². The zero-order chi connectivity index (χ0) is 13.3. The second-order valence-electron chi connectivity index (χ2n) is 4.10. The van der Waals surface area contributed by atoms with Gasteiger partial charge in [0.1, 0.15) is 0 Å². The molecule has 1 heterocycles. The van der Waals surface area contributed by atoms with Crippen molar-refractivity contribution >= 4 is 11.8 Å². The van der Waals surface area contributed by atoms with E-state index in [0.29, 0.717) is 0 Å². The third kappa shape index (κ3) is 5.03. The van der Waals surface area contributed by atoms with Crippen LogP contribution in [0.4, 0.5) is 0 Å². The maximum absolute atomic E-state index is 4.99. The average molecular weight is 274 g/mol. The fourth-order valence-electron chi connectivity index (χ4n) is 1.62. The van der Waals surface area contributed by atoms with Crippen molar-refractivity contribution in [1.82, 2.24) is 10.3 Å². The maximum Gasteiger partial charge on any atom is 0.0587 e. The largest absolute Gasteiger partial charge is 0.383 e. The molecule has 0 saturated heterocycles. The van der Waals surface area contributed by atoms with Crippen LogP contribution in [0.5, 0.6) is 0 Å². The van der Waals surface area contributed by atoms with Crippen LogP contribution in [0.3, 0.4) is 0 Å². The number of rotatable bonds is 7. The van der Waals surface area contributed by atoms with Gasteiger partial charge in [-0.1, -0.05) is 23.9 Å². The van der Waals surface area contributed by atoms with Crippen molar-refractivity contribution in [2.45, 2.75) is 16.3 Å². The third-order valence-electron chi connectivity index (χ3n) is 2.62. The molecule has 100 valence electrons. The lowest BCUT2D eigenvalue weighted by molar-refractivity contribution is 0.199. The van der Waals surface area contributed by atoms with E-state index < -0.39 is 0 Å². The van der Waals surface area contributed by atoms with Crippen molar-refractivity contribution in [1.29, 1.82) is 0 Å². The molecule has 0 spiro atoms. The summed E-state index contributed by atoms with van der Waals surface area (Å²) >= 11 is 1.75. The lowest BCUT2D eigenvalue weighted by Gasteiger charge is -2.06. The third-order valence-corrected chi connectivity index (χ3v) is 3.64. The number of nitrogens with zero attached hydrogens (tertiary/aromatic N) is 1. The summed E-state index contributed by atoms with van der Waals surface area (Å²) in [4.78, 5) is 6.47. The summed E-state index contributed by atoms with van der Waals surface area (Å²) in [6.07, 6.45) is 3.63. The van der Waals surface area contributed by atoms with Crippen LogP contribution in [0.1, 0.15) is 5.56 Å². The van der Waals surface area contributed by atoms with Gasteiger partial charge in [0.2, 0.25) is 0 Å². The molecule has 1 N–H and O–H groups in total. The van der Waals surface area contributed by atoms with Crippen LogP contribution < -0.4 is 5.32 Å². The van der Waals surface area contributed by atoms with Crippen LogP contribution in [0, 0.1) is 0 Å². The van der Waals surface area contributed by atoms with Crippen molar-refractivity contribution in [3.05, 3.63) is 54.4 Å². The van der Waals surface area contributed by atoms with Crippen molar-refractivity contribution < 1.29 is 4.74 Å². The highest BCUT2D eigenvalue weighted by Crippen LogP contribution is 2.26. The van der Waals surface area contributed by atoms with Crippen molar-refractivity contribution in [2.75, 3.05) is 20.3 Å². The fourth-order valence-corrected chi connectivity index (χ4v) is 2.43. The van der Waals surface area contributed by atoms with Gasteiger partial charge in [-0.15, -0.1) is 0 Å². The fraction of sp³-hybridized carbons (Fsp3) is 0.267. The first-order chi connectivity index (χ1) is 9.38. The summed E-state index contributed by atoms with van der Waals surface area (Å²) in [5.74, 6) is 0. The zero-order valence-corrected chi connectivity index (χ0v) is 11.8. The minimum absolute atomic E-state index is 0.746. The van der Waals surface area contributed by atoms with E-state index in [4.69, 9.17) is 4.74 Å². The molecule has 2 rings (SSSR count). The molecule has 0 fully saturated rings. The zero-order valence-electron chi connectivity index (χ0n) is 11.0. The summed E-state index contributed by atoms with van der Waals surface area (Å²) in [5.41, 5.74) is 1.29. The van der Waals surface area contributed by atoms with E-state index in [2.05, 4.69) is 34.6 Å². The molecular weight excluding hydrogens is 256 g/mol. The van der Waals surface area contributed by atoms with Gasteiger partial charge in [0.15, 0.2) is 0 Å². The molecule has 19 heavy (non-hydrogen) atoms. The topological polar surface area (TPSA) is 34.1 Å². The normalized spacial score (nSPS) is 10.6. The molecule has 0 aliphatic carbocycles. The first kappa shape index (κ1) is 14.1. The van der Waals surface area contributed by atoms with E-state index in [9.17, 15) is 0 Å². The first-order valence-electron chi connectivity index (χ1n) is 6.25. The number of benzene rings is 1.